The SMILES string of the molecule is CC1CC1=C1CCc2ccccc21. The normalized spacial score (nSPS) is 30.4. The van der Waals surface area contributed by atoms with Crippen LogP contribution in [0.15, 0.2) is 29.8 Å². The zero-order valence-electron chi connectivity index (χ0n) is 8.01. The molecule has 66 valence electrons. The van der Waals surface area contributed by atoms with Crippen LogP contribution >= 0.6 is 0 Å². The van der Waals surface area contributed by atoms with Crippen molar-refractivity contribution >= 4 is 5.57 Å². The van der Waals surface area contributed by atoms with Gasteiger partial charge in [0.05, 0.1) is 0 Å². The molecule has 0 N–H and O–H groups in total. The number of hydrogen-bond acceptors (Lipinski definition) is 0. The van der Waals surface area contributed by atoms with Gasteiger partial charge in [-0.15, -0.1) is 0 Å². The summed E-state index contributed by atoms with van der Waals surface area (Å²) in [6, 6.07) is 8.88. The Morgan fingerprint density at radius 1 is 1.15 bits per heavy atom. The third kappa shape index (κ3) is 1.05. The zero-order chi connectivity index (χ0) is 8.84. The van der Waals surface area contributed by atoms with Crippen LogP contribution in [-0.2, 0) is 6.42 Å². The van der Waals surface area contributed by atoms with Crippen molar-refractivity contribution in [1.82, 2.24) is 0 Å². The topological polar surface area (TPSA) is 0 Å². The van der Waals surface area contributed by atoms with Gasteiger partial charge in [-0.05, 0) is 41.9 Å². The summed E-state index contributed by atoms with van der Waals surface area (Å²) < 4.78 is 0. The number of hydrogen-bond donors (Lipinski definition) is 0. The quantitative estimate of drug-likeness (QED) is 0.559. The smallest absolute Gasteiger partial charge is 0.0188 e. The van der Waals surface area contributed by atoms with Crippen LogP contribution in [0.4, 0.5) is 0 Å². The molecule has 0 nitrogen and oxygen atoms in total. The molecule has 1 saturated carbocycles. The molecule has 0 aromatic heterocycles. The Labute approximate surface area is 79.3 Å². The van der Waals surface area contributed by atoms with E-state index in [1.165, 1.54) is 19.3 Å². The molecular formula is C13H14. The van der Waals surface area contributed by atoms with E-state index in [-0.39, 0.29) is 0 Å². The Morgan fingerprint density at radius 3 is 2.69 bits per heavy atom. The fraction of sp³-hybridized carbons (Fsp3) is 0.385. The van der Waals surface area contributed by atoms with Gasteiger partial charge >= 0.3 is 0 Å². The van der Waals surface area contributed by atoms with Crippen molar-refractivity contribution in [3.05, 3.63) is 41.0 Å². The van der Waals surface area contributed by atoms with Crippen molar-refractivity contribution in [3.8, 4) is 0 Å². The highest BCUT2D eigenvalue weighted by atomic mass is 14.4. The predicted molar refractivity (Wildman–Crippen MR) is 55.5 cm³/mol. The Hall–Kier alpha value is -1.04. The molecule has 0 aliphatic heterocycles. The van der Waals surface area contributed by atoms with Crippen molar-refractivity contribution in [1.29, 1.82) is 0 Å². The molecular weight excluding hydrogens is 156 g/mol. The van der Waals surface area contributed by atoms with E-state index in [4.69, 9.17) is 0 Å². The summed E-state index contributed by atoms with van der Waals surface area (Å²) in [6.07, 6.45) is 3.91. The van der Waals surface area contributed by atoms with Crippen LogP contribution in [0, 0.1) is 5.92 Å². The molecule has 1 atom stereocenters. The monoisotopic (exact) mass is 170 g/mol. The predicted octanol–water partition coefficient (Wildman–Crippen LogP) is 3.43. The highest BCUT2D eigenvalue weighted by Crippen LogP contribution is 2.47. The minimum atomic E-state index is 0.876. The van der Waals surface area contributed by atoms with Crippen molar-refractivity contribution in [2.75, 3.05) is 0 Å². The van der Waals surface area contributed by atoms with Gasteiger partial charge in [-0.25, -0.2) is 0 Å². The second-order valence-corrected chi connectivity index (χ2v) is 4.27. The van der Waals surface area contributed by atoms with Crippen molar-refractivity contribution in [3.63, 3.8) is 0 Å². The van der Waals surface area contributed by atoms with Crippen LogP contribution in [-0.4, -0.2) is 0 Å². The van der Waals surface area contributed by atoms with Crippen LogP contribution in [0.3, 0.4) is 0 Å². The van der Waals surface area contributed by atoms with Gasteiger partial charge in [-0.1, -0.05) is 36.8 Å². The third-order valence-electron chi connectivity index (χ3n) is 3.34. The highest BCUT2D eigenvalue weighted by molar-refractivity contribution is 5.77. The lowest BCUT2D eigenvalue weighted by Gasteiger charge is -1.98. The molecule has 1 unspecified atom stereocenters. The maximum atomic E-state index is 2.34. The first-order valence-electron chi connectivity index (χ1n) is 5.16. The van der Waals surface area contributed by atoms with Gasteiger partial charge in [-0.2, -0.15) is 0 Å². The molecule has 1 aromatic carbocycles. The number of fused-ring (bicyclic) bond motifs is 1. The van der Waals surface area contributed by atoms with Crippen molar-refractivity contribution in [2.24, 2.45) is 5.92 Å². The summed E-state index contributed by atoms with van der Waals surface area (Å²) >= 11 is 0. The lowest BCUT2D eigenvalue weighted by atomic mass is 10.1. The van der Waals surface area contributed by atoms with Crippen molar-refractivity contribution < 1.29 is 0 Å². The lowest BCUT2D eigenvalue weighted by molar-refractivity contribution is 1.01. The maximum absolute atomic E-state index is 2.34. The van der Waals surface area contributed by atoms with Crippen LogP contribution in [0.5, 0.6) is 0 Å². The number of allylic oxidation sites excluding steroid dienone is 2. The fourth-order valence-corrected chi connectivity index (χ4v) is 2.45. The molecule has 1 aromatic rings. The first kappa shape index (κ1) is 7.37. The van der Waals surface area contributed by atoms with Gasteiger partial charge in [0.1, 0.15) is 0 Å². The van der Waals surface area contributed by atoms with Gasteiger partial charge in [0.15, 0.2) is 0 Å². The average Bonchev–Trinajstić information content (AvgIpc) is 2.74. The molecule has 2 aliphatic carbocycles. The molecule has 0 bridgehead atoms. The van der Waals surface area contributed by atoms with Crippen LogP contribution in [0.1, 0.15) is 30.9 Å². The largest absolute Gasteiger partial charge is 0.0627 e. The van der Waals surface area contributed by atoms with Gasteiger partial charge in [-0.3, -0.25) is 0 Å². The highest BCUT2D eigenvalue weighted by Gasteiger charge is 2.31. The summed E-state index contributed by atoms with van der Waals surface area (Å²) in [5.41, 5.74) is 6.50. The van der Waals surface area contributed by atoms with Gasteiger partial charge < -0.3 is 0 Å². The van der Waals surface area contributed by atoms with E-state index in [1.54, 1.807) is 22.3 Å². The lowest BCUT2D eigenvalue weighted by Crippen LogP contribution is -1.78. The number of aryl methyl sites for hydroxylation is 1. The molecule has 13 heavy (non-hydrogen) atoms. The van der Waals surface area contributed by atoms with E-state index in [1.807, 2.05) is 0 Å². The van der Waals surface area contributed by atoms with E-state index in [0.29, 0.717) is 0 Å². The van der Waals surface area contributed by atoms with Crippen LogP contribution < -0.4 is 0 Å². The van der Waals surface area contributed by atoms with E-state index in [9.17, 15) is 0 Å². The average molecular weight is 170 g/mol. The number of rotatable bonds is 0. The molecule has 1 fully saturated rings. The van der Waals surface area contributed by atoms with Crippen LogP contribution in [0.2, 0.25) is 0 Å². The zero-order valence-corrected chi connectivity index (χ0v) is 8.01. The first-order valence-corrected chi connectivity index (χ1v) is 5.16. The summed E-state index contributed by atoms with van der Waals surface area (Å²) in [6.45, 7) is 2.34. The summed E-state index contributed by atoms with van der Waals surface area (Å²) in [5.74, 6) is 0.876. The third-order valence-corrected chi connectivity index (χ3v) is 3.34. The summed E-state index contributed by atoms with van der Waals surface area (Å²) in [5, 5.41) is 0. The molecule has 2 aliphatic rings. The van der Waals surface area contributed by atoms with Gasteiger partial charge in [0, 0.05) is 0 Å². The molecule has 0 amide bonds. The van der Waals surface area contributed by atoms with E-state index in [2.05, 4.69) is 31.2 Å². The number of benzene rings is 1. The Morgan fingerprint density at radius 2 is 1.92 bits per heavy atom. The minimum absolute atomic E-state index is 0.876. The molecule has 0 heterocycles. The van der Waals surface area contributed by atoms with Gasteiger partial charge in [0.2, 0.25) is 0 Å². The molecule has 0 radical (unpaired) electrons. The van der Waals surface area contributed by atoms with Crippen molar-refractivity contribution in [2.45, 2.75) is 26.2 Å². The Bertz CT molecular complexity index is 385. The van der Waals surface area contributed by atoms with E-state index < -0.39 is 0 Å². The second kappa shape index (κ2) is 2.47. The standard InChI is InChI=1S/C13H14/c1-9-8-13(9)12-7-6-10-4-2-3-5-11(10)12/h2-5,9H,6-8H2,1H3. The molecule has 0 spiro atoms. The molecule has 3 rings (SSSR count). The first-order chi connectivity index (χ1) is 6.36. The Balaban J connectivity index is 2.13. The Kier molecular flexibility index (Phi) is 1.40. The minimum Gasteiger partial charge on any atom is -0.0627 e. The fourth-order valence-electron chi connectivity index (χ4n) is 2.45. The van der Waals surface area contributed by atoms with Gasteiger partial charge in [0.25, 0.3) is 0 Å². The van der Waals surface area contributed by atoms with E-state index >= 15 is 0 Å². The summed E-state index contributed by atoms with van der Waals surface area (Å²) in [4.78, 5) is 0. The second-order valence-electron chi connectivity index (χ2n) is 4.27. The van der Waals surface area contributed by atoms with E-state index in [0.717, 1.165) is 5.92 Å². The van der Waals surface area contributed by atoms with Crippen LogP contribution in [0.25, 0.3) is 5.57 Å². The molecule has 0 saturated heterocycles. The molecule has 0 heteroatoms. The summed E-state index contributed by atoms with van der Waals surface area (Å²) in [7, 11) is 0. The maximum Gasteiger partial charge on any atom is -0.0188 e.